The van der Waals surface area contributed by atoms with Crippen LogP contribution in [0, 0.1) is 5.92 Å². The van der Waals surface area contributed by atoms with Gasteiger partial charge in [0.15, 0.2) is 0 Å². The summed E-state index contributed by atoms with van der Waals surface area (Å²) in [6.07, 6.45) is 9.52. The molecule has 0 radical (unpaired) electrons. The van der Waals surface area contributed by atoms with Crippen LogP contribution in [0.5, 0.6) is 0 Å². The molecule has 2 aliphatic heterocycles. The monoisotopic (exact) mass is 366 g/mol. The highest BCUT2D eigenvalue weighted by Crippen LogP contribution is 2.44. The third-order valence-corrected chi connectivity index (χ3v) is 6.57. The minimum Gasteiger partial charge on any atom is -0.356 e. The van der Waals surface area contributed by atoms with Crippen molar-refractivity contribution in [1.82, 2.24) is 24.8 Å². The first-order valence-corrected chi connectivity index (χ1v) is 10.5. The molecule has 2 aromatic heterocycles. The Labute approximate surface area is 161 Å². The molecule has 1 saturated heterocycles. The van der Waals surface area contributed by atoms with Gasteiger partial charge in [0.05, 0.1) is 17.6 Å². The van der Waals surface area contributed by atoms with E-state index in [-0.39, 0.29) is 5.54 Å². The number of fused-ring (bicyclic) bond motifs is 2. The van der Waals surface area contributed by atoms with Crippen molar-refractivity contribution in [2.24, 2.45) is 5.92 Å². The summed E-state index contributed by atoms with van der Waals surface area (Å²) in [6.45, 7) is 8.98. The van der Waals surface area contributed by atoms with Crippen molar-refractivity contribution >= 4 is 5.82 Å². The molecule has 3 aliphatic rings. The first-order valence-electron chi connectivity index (χ1n) is 10.5. The summed E-state index contributed by atoms with van der Waals surface area (Å²) in [5.41, 5.74) is 3.96. The first kappa shape index (κ1) is 17.2. The molecule has 1 N–H and O–H groups in total. The summed E-state index contributed by atoms with van der Waals surface area (Å²) in [5.74, 6) is 2.45. The van der Waals surface area contributed by atoms with Crippen molar-refractivity contribution in [2.45, 2.75) is 57.4 Å². The lowest BCUT2D eigenvalue weighted by Gasteiger charge is -2.51. The number of hydrogen-bond donors (Lipinski definition) is 1. The predicted octanol–water partition coefficient (Wildman–Crippen LogP) is 3.09. The molecule has 5 rings (SSSR count). The van der Waals surface area contributed by atoms with Crippen LogP contribution in [0.4, 0.5) is 5.82 Å². The molecule has 1 saturated carbocycles. The maximum atomic E-state index is 4.79. The zero-order valence-electron chi connectivity index (χ0n) is 16.5. The molecule has 1 spiro atoms. The number of rotatable bonds is 4. The molecular weight excluding hydrogens is 336 g/mol. The Morgan fingerprint density at radius 2 is 1.96 bits per heavy atom. The van der Waals surface area contributed by atoms with Gasteiger partial charge in [-0.1, -0.05) is 13.8 Å². The van der Waals surface area contributed by atoms with Crippen molar-refractivity contribution in [3.8, 4) is 0 Å². The van der Waals surface area contributed by atoms with Gasteiger partial charge in [0.25, 0.3) is 0 Å². The molecule has 6 heteroatoms. The Morgan fingerprint density at radius 1 is 1.15 bits per heavy atom. The van der Waals surface area contributed by atoms with E-state index >= 15 is 0 Å². The maximum absolute atomic E-state index is 4.79. The Kier molecular flexibility index (Phi) is 4.19. The third kappa shape index (κ3) is 3.04. The zero-order valence-corrected chi connectivity index (χ0v) is 16.5. The summed E-state index contributed by atoms with van der Waals surface area (Å²) >= 11 is 0. The van der Waals surface area contributed by atoms with Crippen LogP contribution in [0.1, 0.15) is 62.5 Å². The van der Waals surface area contributed by atoms with E-state index in [4.69, 9.17) is 4.98 Å². The second-order valence-corrected chi connectivity index (χ2v) is 8.91. The van der Waals surface area contributed by atoms with Gasteiger partial charge >= 0.3 is 0 Å². The van der Waals surface area contributed by atoms with Gasteiger partial charge in [-0.2, -0.15) is 0 Å². The molecular formula is C21H30N6. The van der Waals surface area contributed by atoms with Crippen molar-refractivity contribution in [3.05, 3.63) is 35.8 Å². The van der Waals surface area contributed by atoms with Gasteiger partial charge in [0.1, 0.15) is 12.1 Å². The predicted molar refractivity (Wildman–Crippen MR) is 106 cm³/mol. The SMILES string of the molecule is CC(C)CN1CCc2[nH]cnc2C12CCN(c1cc(C3CC3)ncn1)CC2. The van der Waals surface area contributed by atoms with Crippen LogP contribution in [0.2, 0.25) is 0 Å². The van der Waals surface area contributed by atoms with Crippen LogP contribution >= 0.6 is 0 Å². The van der Waals surface area contributed by atoms with Crippen LogP contribution in [0.15, 0.2) is 18.7 Å². The molecule has 2 aromatic rings. The second-order valence-electron chi connectivity index (χ2n) is 8.91. The average molecular weight is 367 g/mol. The van der Waals surface area contributed by atoms with E-state index in [1.807, 2.05) is 6.33 Å². The number of anilines is 1. The summed E-state index contributed by atoms with van der Waals surface area (Å²) in [6, 6.07) is 2.22. The van der Waals surface area contributed by atoms with E-state index in [0.29, 0.717) is 11.8 Å². The van der Waals surface area contributed by atoms with Gasteiger partial charge in [-0.25, -0.2) is 15.0 Å². The van der Waals surface area contributed by atoms with Crippen LogP contribution in [-0.2, 0) is 12.0 Å². The van der Waals surface area contributed by atoms with Gasteiger partial charge in [0.2, 0.25) is 0 Å². The first-order chi connectivity index (χ1) is 13.2. The molecule has 0 aromatic carbocycles. The van der Waals surface area contributed by atoms with E-state index in [2.05, 4.69) is 44.7 Å². The molecule has 0 unspecified atom stereocenters. The summed E-state index contributed by atoms with van der Waals surface area (Å²) in [5, 5.41) is 0. The lowest BCUT2D eigenvalue weighted by molar-refractivity contribution is 0.0341. The average Bonchev–Trinajstić information content (AvgIpc) is 3.42. The van der Waals surface area contributed by atoms with Gasteiger partial charge in [-0.15, -0.1) is 0 Å². The molecule has 6 nitrogen and oxygen atoms in total. The largest absolute Gasteiger partial charge is 0.356 e. The van der Waals surface area contributed by atoms with Crippen molar-refractivity contribution in [3.63, 3.8) is 0 Å². The Hall–Kier alpha value is -1.95. The van der Waals surface area contributed by atoms with E-state index in [1.165, 1.54) is 29.9 Å². The van der Waals surface area contributed by atoms with E-state index < -0.39 is 0 Å². The Balaban J connectivity index is 1.39. The maximum Gasteiger partial charge on any atom is 0.132 e. The number of nitrogens with zero attached hydrogens (tertiary/aromatic N) is 5. The fraction of sp³-hybridized carbons (Fsp3) is 0.667. The van der Waals surface area contributed by atoms with Gasteiger partial charge < -0.3 is 9.88 Å². The number of piperidine rings is 1. The molecule has 0 amide bonds. The second kappa shape index (κ2) is 6.59. The van der Waals surface area contributed by atoms with Crippen LogP contribution in [0.3, 0.4) is 0 Å². The van der Waals surface area contributed by atoms with Crippen LogP contribution in [0.25, 0.3) is 0 Å². The smallest absolute Gasteiger partial charge is 0.132 e. The minimum atomic E-state index is 0.0840. The lowest BCUT2D eigenvalue weighted by Crippen LogP contribution is -2.57. The highest BCUT2D eigenvalue weighted by molar-refractivity contribution is 5.42. The molecule has 27 heavy (non-hydrogen) atoms. The Morgan fingerprint density at radius 3 is 2.70 bits per heavy atom. The molecule has 2 fully saturated rings. The minimum absolute atomic E-state index is 0.0840. The highest BCUT2D eigenvalue weighted by Gasteiger charge is 2.46. The topological polar surface area (TPSA) is 60.9 Å². The van der Waals surface area contributed by atoms with Crippen molar-refractivity contribution < 1.29 is 0 Å². The van der Waals surface area contributed by atoms with Crippen LogP contribution < -0.4 is 4.90 Å². The number of imidazole rings is 1. The normalized spacial score (nSPS) is 22.4. The standard InChI is InChI=1S/C21H30N6/c1-15(2)12-27-8-5-17-20(25-14-22-17)21(27)6-9-26(10-7-21)19-11-18(16-3-4-16)23-13-24-19/h11,13-16H,3-10,12H2,1-2H3,(H,22,25). The lowest BCUT2D eigenvalue weighted by atomic mass is 9.78. The number of nitrogens with one attached hydrogen (secondary N) is 1. The van der Waals surface area contributed by atoms with E-state index in [9.17, 15) is 0 Å². The summed E-state index contributed by atoms with van der Waals surface area (Å²) in [4.78, 5) is 22.4. The van der Waals surface area contributed by atoms with Gasteiger partial charge in [0, 0.05) is 56.0 Å². The molecule has 144 valence electrons. The number of aromatic nitrogens is 4. The molecule has 1 aliphatic carbocycles. The fourth-order valence-electron chi connectivity index (χ4n) is 5.03. The number of hydrogen-bond acceptors (Lipinski definition) is 5. The highest BCUT2D eigenvalue weighted by atomic mass is 15.3. The summed E-state index contributed by atoms with van der Waals surface area (Å²) < 4.78 is 0. The fourth-order valence-corrected chi connectivity index (χ4v) is 5.03. The molecule has 0 atom stereocenters. The molecule has 0 bridgehead atoms. The van der Waals surface area contributed by atoms with Crippen LogP contribution in [-0.4, -0.2) is 51.0 Å². The summed E-state index contributed by atoms with van der Waals surface area (Å²) in [7, 11) is 0. The number of aromatic amines is 1. The third-order valence-electron chi connectivity index (χ3n) is 6.57. The van der Waals surface area contributed by atoms with Crippen molar-refractivity contribution in [2.75, 3.05) is 31.1 Å². The molecule has 4 heterocycles. The van der Waals surface area contributed by atoms with Gasteiger partial charge in [-0.3, -0.25) is 4.90 Å². The quantitative estimate of drug-likeness (QED) is 0.901. The van der Waals surface area contributed by atoms with Gasteiger partial charge in [-0.05, 0) is 31.6 Å². The Bertz CT molecular complexity index is 801. The van der Waals surface area contributed by atoms with Crippen molar-refractivity contribution in [1.29, 1.82) is 0 Å². The number of H-pyrrole nitrogens is 1. The van der Waals surface area contributed by atoms with E-state index in [1.54, 1.807) is 6.33 Å². The zero-order chi connectivity index (χ0) is 18.4. The van der Waals surface area contributed by atoms with E-state index in [0.717, 1.165) is 51.3 Å².